The van der Waals surface area contributed by atoms with Gasteiger partial charge in [-0.3, -0.25) is 9.69 Å². The summed E-state index contributed by atoms with van der Waals surface area (Å²) in [6.45, 7) is 6.36. The van der Waals surface area contributed by atoms with Crippen LogP contribution in [0.25, 0.3) is 0 Å². The molecular formula is C18H22N2O2S. The van der Waals surface area contributed by atoms with Crippen LogP contribution in [0.1, 0.15) is 20.8 Å². The zero-order valence-corrected chi connectivity index (χ0v) is 14.4. The number of hydrogen-bond donors (Lipinski definition) is 0. The molecule has 1 amide bonds. The van der Waals surface area contributed by atoms with Crippen LogP contribution in [0.3, 0.4) is 0 Å². The van der Waals surface area contributed by atoms with Crippen molar-refractivity contribution in [2.45, 2.75) is 13.5 Å². The molecule has 122 valence electrons. The van der Waals surface area contributed by atoms with Crippen LogP contribution >= 0.6 is 11.3 Å². The molecule has 0 saturated carbocycles. The standard InChI is InChI=1S/C18H22N2O2S/c1-14-7-12-23-17(14)18(21)20-10-8-19(9-11-20)13-15-3-5-16(22-2)6-4-15/h3-7,12H,8-11,13H2,1-2H3. The number of nitrogens with zero attached hydrogens (tertiary/aromatic N) is 2. The number of thiophene rings is 1. The summed E-state index contributed by atoms with van der Waals surface area (Å²) in [5.74, 6) is 1.07. The molecule has 2 heterocycles. The summed E-state index contributed by atoms with van der Waals surface area (Å²) in [6.07, 6.45) is 0. The predicted molar refractivity (Wildman–Crippen MR) is 93.2 cm³/mol. The van der Waals surface area contributed by atoms with E-state index in [1.54, 1.807) is 18.4 Å². The number of hydrogen-bond acceptors (Lipinski definition) is 4. The maximum atomic E-state index is 12.5. The quantitative estimate of drug-likeness (QED) is 0.864. The molecule has 4 nitrogen and oxygen atoms in total. The molecule has 0 N–H and O–H groups in total. The van der Waals surface area contributed by atoms with Gasteiger partial charge in [0, 0.05) is 32.7 Å². The fraction of sp³-hybridized carbons (Fsp3) is 0.389. The Labute approximate surface area is 141 Å². The van der Waals surface area contributed by atoms with Crippen LogP contribution in [0.4, 0.5) is 0 Å². The largest absolute Gasteiger partial charge is 0.497 e. The minimum atomic E-state index is 0.182. The lowest BCUT2D eigenvalue weighted by atomic mass is 10.2. The van der Waals surface area contributed by atoms with Crippen LogP contribution in [0, 0.1) is 6.92 Å². The average Bonchev–Trinajstić information content (AvgIpc) is 3.02. The second kappa shape index (κ2) is 7.15. The molecule has 23 heavy (non-hydrogen) atoms. The summed E-state index contributed by atoms with van der Waals surface area (Å²) in [5.41, 5.74) is 2.36. The van der Waals surface area contributed by atoms with Gasteiger partial charge in [-0.1, -0.05) is 12.1 Å². The third-order valence-corrected chi connectivity index (χ3v) is 5.29. The number of ether oxygens (including phenoxy) is 1. The number of piperazine rings is 1. The monoisotopic (exact) mass is 330 g/mol. The molecule has 3 rings (SSSR count). The molecule has 1 fully saturated rings. The van der Waals surface area contributed by atoms with E-state index in [1.807, 2.05) is 35.4 Å². The molecule has 1 aromatic heterocycles. The first kappa shape index (κ1) is 16.0. The Bertz CT molecular complexity index is 658. The summed E-state index contributed by atoms with van der Waals surface area (Å²) < 4.78 is 5.19. The Kier molecular flexibility index (Phi) is 4.98. The molecule has 0 radical (unpaired) electrons. The van der Waals surface area contributed by atoms with Crippen LogP contribution in [0.2, 0.25) is 0 Å². The number of amides is 1. The molecular weight excluding hydrogens is 308 g/mol. The van der Waals surface area contributed by atoms with Crippen molar-refractivity contribution >= 4 is 17.2 Å². The summed E-state index contributed by atoms with van der Waals surface area (Å²) in [4.78, 5) is 17.8. The number of carbonyl (C=O) groups is 1. The van der Waals surface area contributed by atoms with Crippen molar-refractivity contribution in [2.75, 3.05) is 33.3 Å². The maximum Gasteiger partial charge on any atom is 0.264 e. The molecule has 1 aliphatic heterocycles. The number of aryl methyl sites for hydroxylation is 1. The molecule has 5 heteroatoms. The van der Waals surface area contributed by atoms with Gasteiger partial charge in [-0.05, 0) is 41.6 Å². The van der Waals surface area contributed by atoms with E-state index in [2.05, 4.69) is 17.0 Å². The topological polar surface area (TPSA) is 32.8 Å². The van der Waals surface area contributed by atoms with Crippen molar-refractivity contribution in [3.63, 3.8) is 0 Å². The summed E-state index contributed by atoms with van der Waals surface area (Å²) in [5, 5.41) is 1.99. The zero-order valence-electron chi connectivity index (χ0n) is 13.6. The molecule has 0 unspecified atom stereocenters. The second-order valence-corrected chi connectivity index (χ2v) is 6.77. The molecule has 0 aliphatic carbocycles. The molecule has 0 atom stereocenters. The SMILES string of the molecule is COc1ccc(CN2CCN(C(=O)c3sccc3C)CC2)cc1. The molecule has 2 aromatic rings. The lowest BCUT2D eigenvalue weighted by molar-refractivity contribution is 0.0632. The third-order valence-electron chi connectivity index (χ3n) is 4.28. The van der Waals surface area contributed by atoms with Gasteiger partial charge in [-0.25, -0.2) is 0 Å². The highest BCUT2D eigenvalue weighted by molar-refractivity contribution is 7.12. The summed E-state index contributed by atoms with van der Waals surface area (Å²) in [7, 11) is 1.68. The van der Waals surface area contributed by atoms with Crippen LogP contribution in [0.15, 0.2) is 35.7 Å². The smallest absolute Gasteiger partial charge is 0.264 e. The van der Waals surface area contributed by atoms with E-state index in [1.165, 1.54) is 5.56 Å². The van der Waals surface area contributed by atoms with Gasteiger partial charge in [0.1, 0.15) is 5.75 Å². The van der Waals surface area contributed by atoms with Gasteiger partial charge in [0.2, 0.25) is 0 Å². The van der Waals surface area contributed by atoms with Crippen LogP contribution in [0.5, 0.6) is 5.75 Å². The van der Waals surface area contributed by atoms with Crippen molar-refractivity contribution < 1.29 is 9.53 Å². The number of rotatable bonds is 4. The van der Waals surface area contributed by atoms with Crippen LogP contribution < -0.4 is 4.74 Å². The average molecular weight is 330 g/mol. The van der Waals surface area contributed by atoms with E-state index in [0.717, 1.165) is 48.9 Å². The van der Waals surface area contributed by atoms with Crippen molar-refractivity contribution in [3.05, 3.63) is 51.7 Å². The van der Waals surface area contributed by atoms with E-state index >= 15 is 0 Å². The number of benzene rings is 1. The maximum absolute atomic E-state index is 12.5. The first-order valence-electron chi connectivity index (χ1n) is 7.86. The van der Waals surface area contributed by atoms with Gasteiger partial charge in [0.15, 0.2) is 0 Å². The lowest BCUT2D eigenvalue weighted by Gasteiger charge is -2.34. The normalized spacial score (nSPS) is 15.7. The minimum absolute atomic E-state index is 0.182. The molecule has 0 bridgehead atoms. The van der Waals surface area contributed by atoms with E-state index in [-0.39, 0.29) is 5.91 Å². The van der Waals surface area contributed by atoms with E-state index in [4.69, 9.17) is 4.74 Å². The third kappa shape index (κ3) is 3.74. The Morgan fingerprint density at radius 2 is 1.83 bits per heavy atom. The molecule has 0 spiro atoms. The van der Waals surface area contributed by atoms with Gasteiger partial charge in [0.25, 0.3) is 5.91 Å². The van der Waals surface area contributed by atoms with E-state index in [0.29, 0.717) is 0 Å². The number of carbonyl (C=O) groups excluding carboxylic acids is 1. The Morgan fingerprint density at radius 1 is 1.13 bits per heavy atom. The highest BCUT2D eigenvalue weighted by Gasteiger charge is 2.23. The van der Waals surface area contributed by atoms with Crippen molar-refractivity contribution in [3.8, 4) is 5.75 Å². The molecule has 1 aliphatic rings. The summed E-state index contributed by atoms with van der Waals surface area (Å²) in [6, 6.07) is 10.2. The fourth-order valence-electron chi connectivity index (χ4n) is 2.83. The van der Waals surface area contributed by atoms with E-state index in [9.17, 15) is 4.79 Å². The zero-order chi connectivity index (χ0) is 16.2. The lowest BCUT2D eigenvalue weighted by Crippen LogP contribution is -2.48. The van der Waals surface area contributed by atoms with Crippen molar-refractivity contribution in [1.82, 2.24) is 9.80 Å². The predicted octanol–water partition coefficient (Wildman–Crippen LogP) is 3.02. The van der Waals surface area contributed by atoms with Crippen molar-refractivity contribution in [1.29, 1.82) is 0 Å². The second-order valence-electron chi connectivity index (χ2n) is 5.85. The molecule has 1 aromatic carbocycles. The minimum Gasteiger partial charge on any atom is -0.497 e. The Balaban J connectivity index is 1.54. The Morgan fingerprint density at radius 3 is 2.39 bits per heavy atom. The van der Waals surface area contributed by atoms with Gasteiger partial charge >= 0.3 is 0 Å². The summed E-state index contributed by atoms with van der Waals surface area (Å²) >= 11 is 1.54. The van der Waals surface area contributed by atoms with Gasteiger partial charge < -0.3 is 9.64 Å². The Hall–Kier alpha value is -1.85. The van der Waals surface area contributed by atoms with Crippen LogP contribution in [-0.4, -0.2) is 49.0 Å². The van der Waals surface area contributed by atoms with Gasteiger partial charge in [0.05, 0.1) is 12.0 Å². The first-order chi connectivity index (χ1) is 11.2. The highest BCUT2D eigenvalue weighted by atomic mass is 32.1. The van der Waals surface area contributed by atoms with Crippen LogP contribution in [-0.2, 0) is 6.54 Å². The van der Waals surface area contributed by atoms with Gasteiger partial charge in [-0.15, -0.1) is 11.3 Å². The first-order valence-corrected chi connectivity index (χ1v) is 8.74. The van der Waals surface area contributed by atoms with Crippen molar-refractivity contribution in [2.24, 2.45) is 0 Å². The van der Waals surface area contributed by atoms with E-state index < -0.39 is 0 Å². The highest BCUT2D eigenvalue weighted by Crippen LogP contribution is 2.19. The number of methoxy groups -OCH3 is 1. The fourth-order valence-corrected chi connectivity index (χ4v) is 3.73. The van der Waals surface area contributed by atoms with Gasteiger partial charge in [-0.2, -0.15) is 0 Å². The molecule has 1 saturated heterocycles.